The van der Waals surface area contributed by atoms with Gasteiger partial charge in [0.15, 0.2) is 0 Å². The lowest BCUT2D eigenvalue weighted by atomic mass is 9.90. The third kappa shape index (κ3) is 3.15. The molecule has 1 fully saturated rings. The molecular weight excluding hydrogens is 350 g/mol. The standard InChI is InChI=1S/C13H17BrClNO2S/c1-9-5-6-16(8-10(9)2)19(17,18)13-4-3-11(14)7-12(13)15/h3-4,7,9-10H,5-6,8H2,1-2H3. The second-order valence-corrected chi connectivity index (χ2v) is 8.41. The first-order valence-electron chi connectivity index (χ1n) is 6.27. The van der Waals surface area contributed by atoms with E-state index in [1.54, 1.807) is 22.5 Å². The van der Waals surface area contributed by atoms with Crippen molar-refractivity contribution in [2.45, 2.75) is 25.2 Å². The van der Waals surface area contributed by atoms with Crippen LogP contribution in [0.2, 0.25) is 5.02 Å². The van der Waals surface area contributed by atoms with E-state index < -0.39 is 10.0 Å². The monoisotopic (exact) mass is 365 g/mol. The lowest BCUT2D eigenvalue weighted by Crippen LogP contribution is -2.42. The quantitative estimate of drug-likeness (QED) is 0.799. The van der Waals surface area contributed by atoms with Gasteiger partial charge in [0.05, 0.1) is 5.02 Å². The molecule has 3 nitrogen and oxygen atoms in total. The lowest BCUT2D eigenvalue weighted by Gasteiger charge is -2.34. The molecule has 0 amide bonds. The maximum absolute atomic E-state index is 12.6. The van der Waals surface area contributed by atoms with Gasteiger partial charge in [0, 0.05) is 17.6 Å². The molecule has 0 aromatic heterocycles. The van der Waals surface area contributed by atoms with Crippen molar-refractivity contribution in [1.29, 1.82) is 0 Å². The van der Waals surface area contributed by atoms with E-state index in [4.69, 9.17) is 11.6 Å². The first-order valence-corrected chi connectivity index (χ1v) is 8.88. The van der Waals surface area contributed by atoms with Crippen LogP contribution >= 0.6 is 27.5 Å². The molecule has 0 bridgehead atoms. The average Bonchev–Trinajstić information content (AvgIpc) is 2.32. The first kappa shape index (κ1) is 15.3. The lowest BCUT2D eigenvalue weighted by molar-refractivity contribution is 0.212. The third-order valence-electron chi connectivity index (χ3n) is 3.81. The molecule has 0 aliphatic carbocycles. The topological polar surface area (TPSA) is 37.4 Å². The van der Waals surface area contributed by atoms with E-state index in [1.807, 2.05) is 0 Å². The van der Waals surface area contributed by atoms with Crippen molar-refractivity contribution < 1.29 is 8.42 Å². The Morgan fingerprint density at radius 1 is 1.32 bits per heavy atom. The van der Waals surface area contributed by atoms with Gasteiger partial charge in [-0.25, -0.2) is 8.42 Å². The molecule has 1 aromatic rings. The van der Waals surface area contributed by atoms with E-state index in [2.05, 4.69) is 29.8 Å². The Bertz CT molecular complexity index is 576. The summed E-state index contributed by atoms with van der Waals surface area (Å²) in [5.41, 5.74) is 0. The Balaban J connectivity index is 2.32. The highest BCUT2D eigenvalue weighted by Crippen LogP contribution is 2.31. The van der Waals surface area contributed by atoms with Gasteiger partial charge in [-0.05, 0) is 36.5 Å². The average molecular weight is 367 g/mol. The van der Waals surface area contributed by atoms with Crippen LogP contribution in [-0.4, -0.2) is 25.8 Å². The molecule has 0 spiro atoms. The summed E-state index contributed by atoms with van der Waals surface area (Å²) < 4.78 is 27.5. The molecule has 1 saturated heterocycles. The molecule has 1 aromatic carbocycles. The smallest absolute Gasteiger partial charge is 0.207 e. The van der Waals surface area contributed by atoms with Crippen LogP contribution in [0.3, 0.4) is 0 Å². The minimum atomic E-state index is -3.49. The van der Waals surface area contributed by atoms with Crippen LogP contribution in [0.25, 0.3) is 0 Å². The van der Waals surface area contributed by atoms with Gasteiger partial charge < -0.3 is 0 Å². The second kappa shape index (κ2) is 5.72. The van der Waals surface area contributed by atoms with Crippen LogP contribution in [0, 0.1) is 11.8 Å². The number of halogens is 2. The van der Waals surface area contributed by atoms with Crippen molar-refractivity contribution in [3.8, 4) is 0 Å². The summed E-state index contributed by atoms with van der Waals surface area (Å²) in [5.74, 6) is 0.935. The zero-order chi connectivity index (χ0) is 14.2. The number of piperidine rings is 1. The van der Waals surface area contributed by atoms with Crippen molar-refractivity contribution in [1.82, 2.24) is 4.31 Å². The predicted molar refractivity (Wildman–Crippen MR) is 80.9 cm³/mol. The fraction of sp³-hybridized carbons (Fsp3) is 0.538. The molecule has 6 heteroatoms. The van der Waals surface area contributed by atoms with E-state index in [1.165, 1.54) is 0 Å². The minimum Gasteiger partial charge on any atom is -0.207 e. The number of hydrogen-bond donors (Lipinski definition) is 0. The number of hydrogen-bond acceptors (Lipinski definition) is 2. The molecule has 2 unspecified atom stereocenters. The highest BCUT2D eigenvalue weighted by Gasteiger charge is 2.32. The van der Waals surface area contributed by atoms with E-state index in [0.29, 0.717) is 24.9 Å². The zero-order valence-corrected chi connectivity index (χ0v) is 14.1. The van der Waals surface area contributed by atoms with E-state index in [-0.39, 0.29) is 9.92 Å². The molecule has 0 N–H and O–H groups in total. The van der Waals surface area contributed by atoms with E-state index >= 15 is 0 Å². The molecule has 1 heterocycles. The maximum atomic E-state index is 12.6. The number of benzene rings is 1. The summed E-state index contributed by atoms with van der Waals surface area (Å²) in [6.45, 7) is 5.40. The van der Waals surface area contributed by atoms with Crippen molar-refractivity contribution >= 4 is 37.6 Å². The van der Waals surface area contributed by atoms with Crippen LogP contribution < -0.4 is 0 Å². The van der Waals surface area contributed by atoms with E-state index in [0.717, 1.165) is 10.9 Å². The fourth-order valence-corrected chi connectivity index (χ4v) is 4.83. The van der Waals surface area contributed by atoms with Gasteiger partial charge >= 0.3 is 0 Å². The molecule has 0 radical (unpaired) electrons. The van der Waals surface area contributed by atoms with Crippen molar-refractivity contribution in [3.05, 3.63) is 27.7 Å². The summed E-state index contributed by atoms with van der Waals surface area (Å²) in [6, 6.07) is 4.88. The summed E-state index contributed by atoms with van der Waals surface area (Å²) in [4.78, 5) is 0.194. The summed E-state index contributed by atoms with van der Waals surface area (Å²) >= 11 is 9.35. The van der Waals surface area contributed by atoms with Gasteiger partial charge in [0.2, 0.25) is 10.0 Å². The molecule has 1 aliphatic heterocycles. The number of sulfonamides is 1. The zero-order valence-electron chi connectivity index (χ0n) is 10.9. The van der Waals surface area contributed by atoms with Gasteiger partial charge in [0.1, 0.15) is 4.90 Å². The van der Waals surface area contributed by atoms with Crippen LogP contribution in [0.15, 0.2) is 27.6 Å². The Kier molecular flexibility index (Phi) is 4.60. The van der Waals surface area contributed by atoms with Gasteiger partial charge in [-0.1, -0.05) is 41.4 Å². The molecule has 19 heavy (non-hydrogen) atoms. The Labute approximate surface area is 128 Å². The SMILES string of the molecule is CC1CCN(S(=O)(=O)c2ccc(Br)cc2Cl)CC1C. The van der Waals surface area contributed by atoms with Gasteiger partial charge in [0.25, 0.3) is 0 Å². The molecule has 106 valence electrons. The van der Waals surface area contributed by atoms with E-state index in [9.17, 15) is 8.42 Å². The van der Waals surface area contributed by atoms with Crippen LogP contribution in [0.4, 0.5) is 0 Å². The van der Waals surface area contributed by atoms with Gasteiger partial charge in [-0.15, -0.1) is 0 Å². The van der Waals surface area contributed by atoms with Crippen LogP contribution in [0.5, 0.6) is 0 Å². The largest absolute Gasteiger partial charge is 0.244 e. The van der Waals surface area contributed by atoms with Crippen LogP contribution in [-0.2, 0) is 10.0 Å². The normalized spacial score (nSPS) is 25.5. The fourth-order valence-electron chi connectivity index (χ4n) is 2.27. The van der Waals surface area contributed by atoms with Crippen molar-refractivity contribution in [3.63, 3.8) is 0 Å². The predicted octanol–water partition coefficient (Wildman–Crippen LogP) is 3.77. The van der Waals surface area contributed by atoms with Crippen molar-refractivity contribution in [2.75, 3.05) is 13.1 Å². The Hall–Kier alpha value is -0.100. The Morgan fingerprint density at radius 2 is 2.00 bits per heavy atom. The molecule has 2 rings (SSSR count). The first-order chi connectivity index (χ1) is 8.82. The molecular formula is C13H17BrClNO2S. The third-order valence-corrected chi connectivity index (χ3v) is 6.65. The molecule has 1 aliphatic rings. The number of rotatable bonds is 2. The highest BCUT2D eigenvalue weighted by molar-refractivity contribution is 9.10. The Morgan fingerprint density at radius 3 is 2.58 bits per heavy atom. The molecule has 2 atom stereocenters. The van der Waals surface area contributed by atoms with Crippen molar-refractivity contribution in [2.24, 2.45) is 11.8 Å². The maximum Gasteiger partial charge on any atom is 0.244 e. The second-order valence-electron chi connectivity index (χ2n) is 5.18. The highest BCUT2D eigenvalue weighted by atomic mass is 79.9. The summed E-state index contributed by atoms with van der Waals surface area (Å²) in [7, 11) is -3.49. The number of nitrogens with zero attached hydrogens (tertiary/aromatic N) is 1. The summed E-state index contributed by atoms with van der Waals surface area (Å²) in [6.07, 6.45) is 0.897. The molecule has 0 saturated carbocycles. The summed E-state index contributed by atoms with van der Waals surface area (Å²) in [5, 5.41) is 0.264. The minimum absolute atomic E-state index is 0.194. The van der Waals surface area contributed by atoms with Gasteiger partial charge in [-0.2, -0.15) is 4.31 Å². The van der Waals surface area contributed by atoms with Crippen LogP contribution in [0.1, 0.15) is 20.3 Å². The van der Waals surface area contributed by atoms with Gasteiger partial charge in [-0.3, -0.25) is 0 Å².